The Kier molecular flexibility index (Phi) is 12.6. The van der Waals surface area contributed by atoms with E-state index in [1.165, 1.54) is 26.0 Å². The second-order valence-corrected chi connectivity index (χ2v) is 10.7. The summed E-state index contributed by atoms with van der Waals surface area (Å²) in [5.41, 5.74) is 1.59. The van der Waals surface area contributed by atoms with Crippen molar-refractivity contribution in [3.05, 3.63) is 58.1 Å². The van der Waals surface area contributed by atoms with E-state index < -0.39 is 42.1 Å². The molecule has 0 aliphatic carbocycles. The first-order valence-corrected chi connectivity index (χ1v) is 13.9. The number of carboxylic acid groups (broad SMARTS) is 1. The number of nitrogens with one attached hydrogen (secondary N) is 2. The smallest absolute Gasteiger partial charge is 0.305 e. The number of carbonyl (C=O) groups is 4. The number of ether oxygens (including phenoxy) is 2. The number of hydrogen-bond acceptors (Lipinski definition) is 7. The summed E-state index contributed by atoms with van der Waals surface area (Å²) in [6, 6.07) is 10.7. The third kappa shape index (κ3) is 9.68. The van der Waals surface area contributed by atoms with Crippen molar-refractivity contribution in [2.75, 3.05) is 20.0 Å². The van der Waals surface area contributed by atoms with Crippen LogP contribution in [0.1, 0.15) is 31.4 Å². The number of halogens is 1. The van der Waals surface area contributed by atoms with E-state index in [2.05, 4.69) is 26.6 Å². The highest BCUT2D eigenvalue weighted by Crippen LogP contribution is 2.33. The first-order chi connectivity index (χ1) is 18.0. The molecule has 2 rings (SSSR count). The maximum absolute atomic E-state index is 13.1. The molecule has 0 heterocycles. The van der Waals surface area contributed by atoms with Crippen molar-refractivity contribution in [2.24, 2.45) is 5.92 Å². The van der Waals surface area contributed by atoms with Gasteiger partial charge in [-0.2, -0.15) is 0 Å². The number of amides is 2. The standard InChI is InChI=1S/C27H33BrN2O7S/c1-16(2)26(30-24(32)11-18-10-23(37-4)19(28)12-22(18)36-3)27(35)29-20(13-25(33)34)21(31)15-38-14-17-8-6-5-7-9-17/h5-10,12,16,20,26H,11,13-15H2,1-4H3,(H,29,35)(H,30,32)(H,33,34)/t20-,26-/m0/s1. The summed E-state index contributed by atoms with van der Waals surface area (Å²) in [5.74, 6) is -1.40. The highest BCUT2D eigenvalue weighted by Gasteiger charge is 2.30. The van der Waals surface area contributed by atoms with Crippen molar-refractivity contribution >= 4 is 51.3 Å². The van der Waals surface area contributed by atoms with Gasteiger partial charge in [0, 0.05) is 11.3 Å². The van der Waals surface area contributed by atoms with Crippen LogP contribution in [-0.4, -0.2) is 60.7 Å². The molecule has 0 aliphatic rings. The van der Waals surface area contributed by atoms with Crippen molar-refractivity contribution < 1.29 is 33.8 Å². The van der Waals surface area contributed by atoms with E-state index in [0.717, 1.165) is 5.56 Å². The van der Waals surface area contributed by atoms with Gasteiger partial charge in [-0.3, -0.25) is 19.2 Å². The molecule has 11 heteroatoms. The maximum atomic E-state index is 13.1. The lowest BCUT2D eigenvalue weighted by atomic mass is 10.0. The minimum Gasteiger partial charge on any atom is -0.496 e. The number of thioether (sulfide) groups is 1. The Bertz CT molecular complexity index is 1130. The minimum atomic E-state index is -1.21. The SMILES string of the molecule is COc1cc(CC(=O)N[C@H](C(=O)N[C@@H](CC(=O)O)C(=O)CSCc2ccccc2)C(C)C)c(OC)cc1Br. The lowest BCUT2D eigenvalue weighted by Gasteiger charge is -2.25. The van der Waals surface area contributed by atoms with E-state index >= 15 is 0 Å². The average molecular weight is 610 g/mol. The number of methoxy groups -OCH3 is 2. The Morgan fingerprint density at radius 2 is 1.66 bits per heavy atom. The molecule has 0 aromatic heterocycles. The monoisotopic (exact) mass is 608 g/mol. The zero-order chi connectivity index (χ0) is 28.2. The molecule has 2 aromatic carbocycles. The van der Waals surface area contributed by atoms with Crippen LogP contribution in [0.3, 0.4) is 0 Å². The van der Waals surface area contributed by atoms with Gasteiger partial charge in [0.2, 0.25) is 11.8 Å². The van der Waals surface area contributed by atoms with Crippen LogP contribution >= 0.6 is 27.7 Å². The molecule has 0 saturated heterocycles. The van der Waals surface area contributed by atoms with Crippen LogP contribution in [0.25, 0.3) is 0 Å². The van der Waals surface area contributed by atoms with Gasteiger partial charge in [0.15, 0.2) is 5.78 Å². The van der Waals surface area contributed by atoms with Crippen molar-refractivity contribution in [1.82, 2.24) is 10.6 Å². The van der Waals surface area contributed by atoms with Crippen LogP contribution in [0.15, 0.2) is 46.9 Å². The number of carboxylic acids is 1. The predicted octanol–water partition coefficient (Wildman–Crippen LogP) is 3.61. The lowest BCUT2D eigenvalue weighted by Crippen LogP contribution is -2.54. The van der Waals surface area contributed by atoms with Gasteiger partial charge in [-0.1, -0.05) is 44.2 Å². The van der Waals surface area contributed by atoms with Gasteiger partial charge in [0.05, 0.1) is 43.3 Å². The fraction of sp³-hybridized carbons (Fsp3) is 0.407. The minimum absolute atomic E-state index is 0.0387. The quantitative estimate of drug-likeness (QED) is 0.279. The highest BCUT2D eigenvalue weighted by molar-refractivity contribution is 9.10. The predicted molar refractivity (Wildman–Crippen MR) is 150 cm³/mol. The zero-order valence-electron chi connectivity index (χ0n) is 21.8. The summed E-state index contributed by atoms with van der Waals surface area (Å²) in [4.78, 5) is 50.2. The van der Waals surface area contributed by atoms with E-state index in [1.807, 2.05) is 30.3 Å². The van der Waals surface area contributed by atoms with E-state index in [9.17, 15) is 24.3 Å². The Labute approximate surface area is 235 Å². The zero-order valence-corrected chi connectivity index (χ0v) is 24.2. The Hall–Kier alpha value is -3.05. The molecular formula is C27H33BrN2O7S. The molecule has 0 radical (unpaired) electrons. The normalized spacial score (nSPS) is 12.4. The van der Waals surface area contributed by atoms with E-state index in [0.29, 0.717) is 27.3 Å². The second kappa shape index (κ2) is 15.4. The number of aliphatic carboxylic acids is 1. The Morgan fingerprint density at radius 3 is 2.24 bits per heavy atom. The fourth-order valence-electron chi connectivity index (χ4n) is 3.62. The molecule has 0 spiro atoms. The molecule has 0 bridgehead atoms. The van der Waals surface area contributed by atoms with Crippen LogP contribution in [0.2, 0.25) is 0 Å². The first-order valence-electron chi connectivity index (χ1n) is 11.9. The van der Waals surface area contributed by atoms with Crippen LogP contribution < -0.4 is 20.1 Å². The largest absolute Gasteiger partial charge is 0.496 e. The van der Waals surface area contributed by atoms with Gasteiger partial charge < -0.3 is 25.2 Å². The molecule has 2 aromatic rings. The number of rotatable bonds is 15. The van der Waals surface area contributed by atoms with Gasteiger partial charge in [-0.05, 0) is 39.5 Å². The van der Waals surface area contributed by atoms with E-state index in [-0.39, 0.29) is 18.1 Å². The molecule has 38 heavy (non-hydrogen) atoms. The van der Waals surface area contributed by atoms with Crippen molar-refractivity contribution in [3.8, 4) is 11.5 Å². The number of Topliss-reactive ketones (excluding diaryl/α,β-unsaturated/α-hetero) is 1. The van der Waals surface area contributed by atoms with Crippen molar-refractivity contribution in [3.63, 3.8) is 0 Å². The number of benzene rings is 2. The van der Waals surface area contributed by atoms with Gasteiger partial charge in [-0.15, -0.1) is 11.8 Å². The molecule has 9 nitrogen and oxygen atoms in total. The molecule has 2 atom stereocenters. The van der Waals surface area contributed by atoms with Gasteiger partial charge in [0.25, 0.3) is 0 Å². The van der Waals surface area contributed by atoms with Crippen molar-refractivity contribution in [2.45, 2.75) is 44.5 Å². The van der Waals surface area contributed by atoms with Crippen molar-refractivity contribution in [1.29, 1.82) is 0 Å². The van der Waals surface area contributed by atoms with Gasteiger partial charge in [0.1, 0.15) is 17.5 Å². The summed E-state index contributed by atoms with van der Waals surface area (Å²) < 4.78 is 11.3. The molecule has 3 N–H and O–H groups in total. The van der Waals surface area contributed by atoms with Crippen LogP contribution in [0, 0.1) is 5.92 Å². The molecule has 0 unspecified atom stereocenters. The van der Waals surface area contributed by atoms with Gasteiger partial charge >= 0.3 is 5.97 Å². The lowest BCUT2D eigenvalue weighted by molar-refractivity contribution is -0.140. The summed E-state index contributed by atoms with van der Waals surface area (Å²) in [7, 11) is 2.99. The second-order valence-electron chi connectivity index (χ2n) is 8.87. The molecular weight excluding hydrogens is 576 g/mol. The molecule has 0 aliphatic heterocycles. The molecule has 206 valence electrons. The van der Waals surface area contributed by atoms with Gasteiger partial charge in [-0.25, -0.2) is 0 Å². The summed E-state index contributed by atoms with van der Waals surface area (Å²) >= 11 is 4.72. The Balaban J connectivity index is 2.07. The Morgan fingerprint density at radius 1 is 1.00 bits per heavy atom. The molecule has 2 amide bonds. The third-order valence-corrected chi connectivity index (χ3v) is 7.26. The summed E-state index contributed by atoms with van der Waals surface area (Å²) in [6.45, 7) is 3.50. The number of carbonyl (C=O) groups excluding carboxylic acids is 3. The summed E-state index contributed by atoms with van der Waals surface area (Å²) in [6.07, 6.45) is -0.637. The van der Waals surface area contributed by atoms with Crippen LogP contribution in [0.4, 0.5) is 0 Å². The third-order valence-electron chi connectivity index (χ3n) is 5.61. The maximum Gasteiger partial charge on any atom is 0.305 e. The molecule has 0 fully saturated rings. The van der Waals surface area contributed by atoms with Crippen LogP contribution in [-0.2, 0) is 31.4 Å². The average Bonchev–Trinajstić information content (AvgIpc) is 2.87. The summed E-state index contributed by atoms with van der Waals surface area (Å²) in [5, 5.41) is 14.6. The van der Waals surface area contributed by atoms with E-state index in [4.69, 9.17) is 9.47 Å². The number of hydrogen-bond donors (Lipinski definition) is 3. The fourth-order valence-corrected chi connectivity index (χ4v) is 5.04. The first kappa shape index (κ1) is 31.2. The van der Waals surface area contributed by atoms with E-state index in [1.54, 1.807) is 26.0 Å². The van der Waals surface area contributed by atoms with Crippen LogP contribution in [0.5, 0.6) is 11.5 Å². The highest BCUT2D eigenvalue weighted by atomic mass is 79.9. The topological polar surface area (TPSA) is 131 Å². The molecule has 0 saturated carbocycles. The number of ketones is 1.